The quantitative estimate of drug-likeness (QED) is 0.0791. The van der Waals surface area contributed by atoms with Crippen molar-refractivity contribution in [2.45, 2.75) is 66.3 Å². The van der Waals surface area contributed by atoms with Gasteiger partial charge < -0.3 is 37.8 Å². The maximum atomic E-state index is 15.3. The van der Waals surface area contributed by atoms with E-state index < -0.39 is 74.8 Å². The van der Waals surface area contributed by atoms with Crippen molar-refractivity contribution in [1.82, 2.24) is 15.5 Å². The second-order valence-electron chi connectivity index (χ2n) is 13.6. The van der Waals surface area contributed by atoms with E-state index in [4.69, 9.17) is 22.6 Å². The van der Waals surface area contributed by atoms with Gasteiger partial charge in [-0.25, -0.2) is 13.2 Å². The number of carboxylic acids is 1. The highest BCUT2D eigenvalue weighted by molar-refractivity contribution is 7.93. The minimum Gasteiger partial charge on any atom is -0.479 e. The predicted molar refractivity (Wildman–Crippen MR) is 191 cm³/mol. The molecule has 2 aliphatic rings. The maximum absolute atomic E-state index is 15.3. The summed E-state index contributed by atoms with van der Waals surface area (Å²) in [5.41, 5.74) is 15.0. The summed E-state index contributed by atoms with van der Waals surface area (Å²) in [5, 5.41) is 26.2. The summed E-state index contributed by atoms with van der Waals surface area (Å²) in [6.07, 6.45) is 1.85. The molecular weight excluding hydrogens is 675 g/mol. The lowest BCUT2D eigenvalue weighted by molar-refractivity contribution is -0.178. The number of carbonyl (C=O) groups is 4. The molecule has 0 spiro atoms. The summed E-state index contributed by atoms with van der Waals surface area (Å²) in [7, 11) is -4.87. The third-order valence-corrected chi connectivity index (χ3v) is 12.6. The molecule has 3 unspecified atom stereocenters. The van der Waals surface area contributed by atoms with Crippen molar-refractivity contribution in [3.05, 3.63) is 77.9 Å². The van der Waals surface area contributed by atoms with Gasteiger partial charge in [0.25, 0.3) is 5.91 Å². The fraction of sp³-hybridized carbons (Fsp3) is 0.417. The lowest BCUT2D eigenvalue weighted by atomic mass is 9.62. The smallest absolute Gasteiger partial charge is 0.337 e. The molecule has 0 aliphatic carbocycles. The number of amides is 2. The van der Waals surface area contributed by atoms with Crippen LogP contribution < -0.4 is 27.8 Å². The second kappa shape index (κ2) is 14.5. The Hall–Kier alpha value is -4.70. The Labute approximate surface area is 296 Å². The number of likely N-dealkylation sites (tertiary alicyclic amines) is 1. The van der Waals surface area contributed by atoms with E-state index in [2.05, 4.69) is 10.6 Å². The lowest BCUT2D eigenvalue weighted by Gasteiger charge is -2.56. The minimum absolute atomic E-state index is 0.214. The van der Waals surface area contributed by atoms with Crippen LogP contribution >= 0.6 is 0 Å². The number of benzene rings is 3. The van der Waals surface area contributed by atoms with Crippen molar-refractivity contribution >= 4 is 50.0 Å². The Balaban J connectivity index is 1.73. The van der Waals surface area contributed by atoms with Gasteiger partial charge >= 0.3 is 5.97 Å². The van der Waals surface area contributed by atoms with E-state index >= 15 is 4.79 Å². The molecule has 0 aromatic heterocycles. The van der Waals surface area contributed by atoms with E-state index in [9.17, 15) is 27.9 Å². The number of ketones is 1. The van der Waals surface area contributed by atoms with Gasteiger partial charge in [0.1, 0.15) is 5.84 Å². The van der Waals surface area contributed by atoms with Crippen molar-refractivity contribution in [2.75, 3.05) is 26.2 Å². The van der Waals surface area contributed by atoms with Crippen LogP contribution in [0.2, 0.25) is 0 Å². The number of hydrogen-bond acceptors (Lipinski definition) is 10. The molecular formula is C36H45N7O7S. The number of aliphatic carboxylic acids is 1. The number of nitrogens with one attached hydrogen (secondary N) is 3. The molecule has 2 saturated heterocycles. The zero-order valence-electron chi connectivity index (χ0n) is 28.5. The van der Waals surface area contributed by atoms with E-state index in [0.717, 1.165) is 23.1 Å². The highest BCUT2D eigenvalue weighted by atomic mass is 32.2. The van der Waals surface area contributed by atoms with Gasteiger partial charge in [-0.2, -0.15) is 0 Å². The van der Waals surface area contributed by atoms with Crippen molar-refractivity contribution in [2.24, 2.45) is 23.1 Å². The van der Waals surface area contributed by atoms with Crippen molar-refractivity contribution in [3.8, 4) is 0 Å². The summed E-state index contributed by atoms with van der Waals surface area (Å²) >= 11 is 0. The molecule has 2 heterocycles. The Kier molecular flexibility index (Phi) is 10.7. The van der Waals surface area contributed by atoms with Crippen LogP contribution in [0.15, 0.2) is 71.6 Å². The summed E-state index contributed by atoms with van der Waals surface area (Å²) in [5.74, 6) is -6.00. The molecule has 51 heavy (non-hydrogen) atoms. The number of fused-ring (bicyclic) bond motifs is 1. The number of carbonyl (C=O) groups excluding carboxylic acids is 3. The fourth-order valence-electron chi connectivity index (χ4n) is 7.77. The van der Waals surface area contributed by atoms with Crippen LogP contribution in [0.5, 0.6) is 0 Å². The first-order valence-electron chi connectivity index (χ1n) is 16.9. The molecule has 2 aliphatic heterocycles. The minimum atomic E-state index is -4.87. The maximum Gasteiger partial charge on any atom is 0.337 e. The van der Waals surface area contributed by atoms with Gasteiger partial charge in [0, 0.05) is 30.0 Å². The summed E-state index contributed by atoms with van der Waals surface area (Å²) < 4.78 is 29.8. The zero-order chi connectivity index (χ0) is 37.2. The lowest BCUT2D eigenvalue weighted by Crippen LogP contribution is -2.78. The van der Waals surface area contributed by atoms with Gasteiger partial charge in [-0.3, -0.25) is 19.8 Å². The molecule has 272 valence electrons. The Bertz CT molecular complexity index is 1980. The van der Waals surface area contributed by atoms with Gasteiger partial charge in [-0.15, -0.1) is 0 Å². The number of piperidine rings is 2. The third-order valence-electron chi connectivity index (χ3n) is 10.4. The number of Topliss-reactive ketones (excluding diaryl/α,β-unsaturated/α-hetero) is 1. The molecule has 0 radical (unpaired) electrons. The molecule has 10 N–H and O–H groups in total. The first-order chi connectivity index (χ1) is 24.1. The fourth-order valence-corrected chi connectivity index (χ4v) is 9.42. The van der Waals surface area contributed by atoms with Crippen LogP contribution in [0, 0.1) is 11.3 Å². The van der Waals surface area contributed by atoms with Gasteiger partial charge in [-0.1, -0.05) is 55.0 Å². The van der Waals surface area contributed by atoms with Gasteiger partial charge in [-0.05, 0) is 73.7 Å². The van der Waals surface area contributed by atoms with Gasteiger partial charge in [0.2, 0.25) is 26.2 Å². The average Bonchev–Trinajstić information content (AvgIpc) is 3.12. The molecule has 2 fully saturated rings. The standard InChI is InChI=1S/C36H45N7O7S/c1-34(15-4-5-16-42-34)28-12-7-17-43(36(28,33(47)48)29(44)22-41-30(45)21-37)32(46)35(40,20-23-8-6-11-26(18-23)31(38)39)51(49,50)27-14-13-24-9-2-3-10-25(24)19-27/h2-3,6,8-11,13-14,18-19,28,42H,4-5,7,12,15-17,20-22,37,40H2,1H3,(H3,38,39)(H,41,45)(H,47,48)/t28?,34?,35-,36?/m1/s1. The molecule has 5 rings (SSSR count). The molecule has 2 amide bonds. The van der Waals surface area contributed by atoms with Crippen molar-refractivity contribution in [1.29, 1.82) is 5.41 Å². The predicted octanol–water partition coefficient (Wildman–Crippen LogP) is 1.03. The summed E-state index contributed by atoms with van der Waals surface area (Å²) in [6, 6.07) is 17.4. The number of nitrogen functional groups attached to an aromatic ring is 1. The second-order valence-corrected chi connectivity index (χ2v) is 15.8. The van der Waals surface area contributed by atoms with E-state index in [1.54, 1.807) is 36.4 Å². The highest BCUT2D eigenvalue weighted by Crippen LogP contribution is 2.46. The first kappa shape index (κ1) is 37.6. The van der Waals surface area contributed by atoms with Gasteiger partial charge in [0.15, 0.2) is 5.78 Å². The molecule has 0 bridgehead atoms. The Morgan fingerprint density at radius 3 is 2.41 bits per heavy atom. The molecule has 15 heteroatoms. The van der Waals surface area contributed by atoms with E-state index in [1.807, 2.05) is 6.92 Å². The van der Waals surface area contributed by atoms with Crippen LogP contribution in [-0.2, 0) is 35.4 Å². The van der Waals surface area contributed by atoms with Crippen LogP contribution in [0.25, 0.3) is 10.8 Å². The molecule has 3 aromatic carbocycles. The monoisotopic (exact) mass is 719 g/mol. The van der Waals surface area contributed by atoms with Crippen LogP contribution in [0.1, 0.15) is 50.2 Å². The van der Waals surface area contributed by atoms with Crippen molar-refractivity contribution in [3.63, 3.8) is 0 Å². The van der Waals surface area contributed by atoms with E-state index in [0.29, 0.717) is 18.4 Å². The highest BCUT2D eigenvalue weighted by Gasteiger charge is 2.66. The third kappa shape index (κ3) is 6.73. The molecule has 14 nitrogen and oxygen atoms in total. The average molecular weight is 720 g/mol. The SMILES string of the molecule is CC1(C2CCCN(C(=O)[C@@](N)(Cc3cccc(C(=N)N)c3)S(=O)(=O)c3ccc4ccccc4c3)C2(C(=O)O)C(=O)CNC(=O)CN)CCCCN1. The molecule has 3 aromatic rings. The Morgan fingerprint density at radius 1 is 1.04 bits per heavy atom. The van der Waals surface area contributed by atoms with Crippen molar-refractivity contribution < 1.29 is 32.7 Å². The summed E-state index contributed by atoms with van der Waals surface area (Å²) in [6.45, 7) is 0.817. The van der Waals surface area contributed by atoms with Crippen LogP contribution in [-0.4, -0.2) is 90.0 Å². The number of nitrogens with zero attached hydrogens (tertiary/aromatic N) is 1. The normalized spacial score (nSPS) is 23.6. The topological polar surface area (TPSA) is 252 Å². The molecule has 0 saturated carbocycles. The van der Waals surface area contributed by atoms with E-state index in [1.165, 1.54) is 30.3 Å². The van der Waals surface area contributed by atoms with Crippen LogP contribution in [0.3, 0.4) is 0 Å². The van der Waals surface area contributed by atoms with Crippen LogP contribution in [0.4, 0.5) is 0 Å². The van der Waals surface area contributed by atoms with Gasteiger partial charge in [0.05, 0.1) is 18.0 Å². The zero-order valence-corrected chi connectivity index (χ0v) is 29.3. The number of nitrogens with two attached hydrogens (primary N) is 3. The Morgan fingerprint density at radius 2 is 1.76 bits per heavy atom. The number of carboxylic acid groups (broad SMARTS) is 1. The largest absolute Gasteiger partial charge is 0.479 e. The van der Waals surface area contributed by atoms with E-state index in [-0.39, 0.29) is 41.2 Å². The number of hydrogen-bond donors (Lipinski definition) is 7. The number of sulfone groups is 1. The summed E-state index contributed by atoms with van der Waals surface area (Å²) in [4.78, 5) is 53.5. The molecule has 4 atom stereocenters. The number of amidine groups is 1. The first-order valence-corrected chi connectivity index (χ1v) is 18.4. The number of rotatable bonds is 12.